The van der Waals surface area contributed by atoms with Crippen LogP contribution in [0.5, 0.6) is 5.75 Å². The van der Waals surface area contributed by atoms with Crippen LogP contribution in [0, 0.1) is 6.92 Å². The number of halogens is 1. The third-order valence-corrected chi connectivity index (χ3v) is 6.55. The molecule has 0 bridgehead atoms. The average Bonchev–Trinajstić information content (AvgIpc) is 2.89. The third kappa shape index (κ3) is 4.99. The van der Waals surface area contributed by atoms with E-state index >= 15 is 0 Å². The molecule has 0 amide bonds. The fourth-order valence-corrected chi connectivity index (χ4v) is 4.63. The van der Waals surface area contributed by atoms with Gasteiger partial charge in [-0.1, -0.05) is 82.7 Å². The summed E-state index contributed by atoms with van der Waals surface area (Å²) in [4.78, 5) is 31.0. The van der Waals surface area contributed by atoms with Gasteiger partial charge in [0, 0.05) is 4.47 Å². The first kappa shape index (κ1) is 23.7. The number of hydrogen-bond donors (Lipinski definition) is 0. The van der Waals surface area contributed by atoms with Crippen LogP contribution in [-0.2, 0) is 11.2 Å². The smallest absolute Gasteiger partial charge is 0.315 e. The van der Waals surface area contributed by atoms with Crippen LogP contribution in [0.15, 0.2) is 112 Å². The van der Waals surface area contributed by atoms with E-state index in [1.807, 2.05) is 79.7 Å². The van der Waals surface area contributed by atoms with Crippen LogP contribution in [0.1, 0.15) is 28.6 Å². The van der Waals surface area contributed by atoms with Gasteiger partial charge in [0.15, 0.2) is 0 Å². The van der Waals surface area contributed by atoms with Gasteiger partial charge in [-0.05, 0) is 60.0 Å². The standard InChI is InChI=1S/C30H23BrN2O3/c1-20-32-27-18-21(19-28(34)36-25-15-13-24(31)14-16-25)12-17-26(27)30(35)33(20)29(22-8-4-2-5-9-22)23-10-6-3-7-11-23/h2-18,29H,19H2,1H3. The van der Waals surface area contributed by atoms with Gasteiger partial charge in [0.1, 0.15) is 11.6 Å². The van der Waals surface area contributed by atoms with E-state index in [2.05, 4.69) is 15.9 Å². The Kier molecular flexibility index (Phi) is 6.78. The first-order valence-corrected chi connectivity index (χ1v) is 12.4. The van der Waals surface area contributed by atoms with Crippen LogP contribution in [0.3, 0.4) is 0 Å². The summed E-state index contributed by atoms with van der Waals surface area (Å²) in [5.41, 5.74) is 3.17. The molecule has 0 spiro atoms. The number of fused-ring (bicyclic) bond motifs is 1. The molecule has 178 valence electrons. The molecule has 0 aliphatic rings. The van der Waals surface area contributed by atoms with Crippen molar-refractivity contribution in [2.45, 2.75) is 19.4 Å². The molecule has 0 saturated heterocycles. The van der Waals surface area contributed by atoms with Gasteiger partial charge in [-0.15, -0.1) is 0 Å². The Bertz CT molecular complexity index is 1540. The van der Waals surface area contributed by atoms with Crippen molar-refractivity contribution in [3.63, 3.8) is 0 Å². The third-order valence-electron chi connectivity index (χ3n) is 6.02. The number of carbonyl (C=O) groups is 1. The lowest BCUT2D eigenvalue weighted by Crippen LogP contribution is -2.29. The van der Waals surface area contributed by atoms with E-state index in [1.165, 1.54) is 0 Å². The molecule has 0 atom stereocenters. The van der Waals surface area contributed by atoms with Crippen LogP contribution in [0.25, 0.3) is 10.9 Å². The number of aromatic nitrogens is 2. The summed E-state index contributed by atoms with van der Waals surface area (Å²) >= 11 is 3.37. The number of rotatable bonds is 6. The van der Waals surface area contributed by atoms with Crippen molar-refractivity contribution >= 4 is 32.8 Å². The molecule has 0 radical (unpaired) electrons. The molecule has 5 rings (SSSR count). The lowest BCUT2D eigenvalue weighted by molar-refractivity contribution is -0.133. The van der Waals surface area contributed by atoms with Crippen molar-refractivity contribution in [2.75, 3.05) is 0 Å². The van der Waals surface area contributed by atoms with Crippen molar-refractivity contribution in [1.82, 2.24) is 9.55 Å². The number of hydrogen-bond acceptors (Lipinski definition) is 4. The molecular weight excluding hydrogens is 516 g/mol. The highest BCUT2D eigenvalue weighted by atomic mass is 79.9. The van der Waals surface area contributed by atoms with E-state index in [0.29, 0.717) is 22.5 Å². The predicted molar refractivity (Wildman–Crippen MR) is 144 cm³/mol. The molecule has 4 aromatic carbocycles. The Labute approximate surface area is 217 Å². The fourth-order valence-electron chi connectivity index (χ4n) is 4.37. The van der Waals surface area contributed by atoms with Gasteiger partial charge < -0.3 is 4.74 Å². The summed E-state index contributed by atoms with van der Waals surface area (Å²) in [6, 6.07) is 32.0. The highest BCUT2D eigenvalue weighted by molar-refractivity contribution is 9.10. The minimum Gasteiger partial charge on any atom is -0.426 e. The Hall–Kier alpha value is -4.03. The second-order valence-electron chi connectivity index (χ2n) is 8.51. The molecule has 36 heavy (non-hydrogen) atoms. The predicted octanol–water partition coefficient (Wildman–Crippen LogP) is 6.25. The Balaban J connectivity index is 1.50. The first-order valence-electron chi connectivity index (χ1n) is 11.6. The van der Waals surface area contributed by atoms with E-state index < -0.39 is 0 Å². The van der Waals surface area contributed by atoms with Gasteiger partial charge >= 0.3 is 5.97 Å². The zero-order valence-corrected chi connectivity index (χ0v) is 21.2. The van der Waals surface area contributed by atoms with E-state index in [9.17, 15) is 9.59 Å². The van der Waals surface area contributed by atoms with Crippen LogP contribution in [0.4, 0.5) is 0 Å². The maximum Gasteiger partial charge on any atom is 0.315 e. The lowest BCUT2D eigenvalue weighted by atomic mass is 9.98. The summed E-state index contributed by atoms with van der Waals surface area (Å²) in [6.45, 7) is 1.84. The molecule has 0 saturated carbocycles. The van der Waals surface area contributed by atoms with Crippen molar-refractivity contribution in [1.29, 1.82) is 0 Å². The van der Waals surface area contributed by atoms with Gasteiger partial charge in [-0.3, -0.25) is 14.2 Å². The zero-order chi connectivity index (χ0) is 25.1. The van der Waals surface area contributed by atoms with E-state index in [1.54, 1.807) is 34.9 Å². The summed E-state index contributed by atoms with van der Waals surface area (Å²) in [6.07, 6.45) is 0.0759. The summed E-state index contributed by atoms with van der Waals surface area (Å²) in [5, 5.41) is 0.502. The topological polar surface area (TPSA) is 61.2 Å². The molecule has 0 N–H and O–H groups in total. The normalized spacial score (nSPS) is 11.1. The minimum absolute atomic E-state index is 0.0759. The van der Waals surface area contributed by atoms with Crippen molar-refractivity contribution in [3.05, 3.63) is 140 Å². The van der Waals surface area contributed by atoms with Crippen LogP contribution in [-0.4, -0.2) is 15.5 Å². The van der Waals surface area contributed by atoms with Crippen LogP contribution in [0.2, 0.25) is 0 Å². The number of carbonyl (C=O) groups excluding carboxylic acids is 1. The quantitative estimate of drug-likeness (QED) is 0.189. The van der Waals surface area contributed by atoms with Crippen molar-refractivity contribution in [2.24, 2.45) is 0 Å². The van der Waals surface area contributed by atoms with Gasteiger partial charge in [-0.2, -0.15) is 0 Å². The lowest BCUT2D eigenvalue weighted by Gasteiger charge is -2.23. The molecule has 0 unspecified atom stereocenters. The minimum atomic E-state index is -0.380. The molecule has 0 fully saturated rings. The van der Waals surface area contributed by atoms with Crippen LogP contribution < -0.4 is 10.3 Å². The number of ether oxygens (including phenoxy) is 1. The highest BCUT2D eigenvalue weighted by Gasteiger charge is 2.21. The fraction of sp³-hybridized carbons (Fsp3) is 0.100. The maximum atomic E-state index is 13.8. The van der Waals surface area contributed by atoms with E-state index in [4.69, 9.17) is 9.72 Å². The van der Waals surface area contributed by atoms with Crippen molar-refractivity contribution in [3.8, 4) is 5.75 Å². The SMILES string of the molecule is Cc1nc2cc(CC(=O)Oc3ccc(Br)cc3)ccc2c(=O)n1C(c1ccccc1)c1ccccc1. The maximum absolute atomic E-state index is 13.8. The molecule has 5 nitrogen and oxygen atoms in total. The first-order chi connectivity index (χ1) is 17.5. The Morgan fingerprint density at radius 2 is 1.50 bits per heavy atom. The summed E-state index contributed by atoms with van der Waals surface area (Å²) in [7, 11) is 0. The van der Waals surface area contributed by atoms with Gasteiger partial charge in [0.05, 0.1) is 23.4 Å². The summed E-state index contributed by atoms with van der Waals surface area (Å²) in [5.74, 6) is 0.698. The second-order valence-corrected chi connectivity index (χ2v) is 9.43. The van der Waals surface area contributed by atoms with Crippen LogP contribution >= 0.6 is 15.9 Å². The number of esters is 1. The molecule has 1 heterocycles. The molecule has 1 aromatic heterocycles. The van der Waals surface area contributed by atoms with Gasteiger partial charge in [0.2, 0.25) is 0 Å². The van der Waals surface area contributed by atoms with Crippen molar-refractivity contribution < 1.29 is 9.53 Å². The number of nitrogens with zero attached hydrogens (tertiary/aromatic N) is 2. The highest BCUT2D eigenvalue weighted by Crippen LogP contribution is 2.27. The number of benzene rings is 4. The van der Waals surface area contributed by atoms with E-state index in [-0.39, 0.29) is 24.0 Å². The van der Waals surface area contributed by atoms with Gasteiger partial charge in [-0.25, -0.2) is 4.98 Å². The number of aryl methyl sites for hydroxylation is 1. The molecular formula is C30H23BrN2O3. The Morgan fingerprint density at radius 1 is 0.889 bits per heavy atom. The largest absolute Gasteiger partial charge is 0.426 e. The Morgan fingerprint density at radius 3 is 2.11 bits per heavy atom. The second kappa shape index (κ2) is 10.3. The molecule has 0 aliphatic carbocycles. The molecule has 5 aromatic rings. The monoisotopic (exact) mass is 538 g/mol. The van der Waals surface area contributed by atoms with E-state index in [0.717, 1.165) is 21.2 Å². The molecule has 6 heteroatoms. The van der Waals surface area contributed by atoms with Gasteiger partial charge in [0.25, 0.3) is 5.56 Å². The summed E-state index contributed by atoms with van der Waals surface area (Å²) < 4.78 is 8.09. The average molecular weight is 539 g/mol. The zero-order valence-electron chi connectivity index (χ0n) is 19.6. The molecule has 0 aliphatic heterocycles.